The standard InChI is InChI=1S/C18H31N3O2S/c1-7-23-16-12-14(2)8-9-15(16)13-21-17(19-6)20-10-11-24(22)18(3,4)5/h8-9,12H,7,10-11,13H2,1-6H3,(H2,19,20,21). The smallest absolute Gasteiger partial charge is 0.191 e. The van der Waals surface area contributed by atoms with Crippen LogP contribution in [-0.2, 0) is 17.3 Å². The number of ether oxygens (including phenoxy) is 1. The molecule has 0 heterocycles. The fourth-order valence-corrected chi connectivity index (χ4v) is 2.97. The van der Waals surface area contributed by atoms with Crippen LogP contribution in [0.25, 0.3) is 0 Å². The highest BCUT2D eigenvalue weighted by Crippen LogP contribution is 2.20. The minimum absolute atomic E-state index is 0.188. The van der Waals surface area contributed by atoms with Crippen molar-refractivity contribution in [1.82, 2.24) is 10.6 Å². The number of aliphatic imine (C=N–C) groups is 1. The van der Waals surface area contributed by atoms with Crippen molar-refractivity contribution in [3.05, 3.63) is 29.3 Å². The zero-order chi connectivity index (χ0) is 18.2. The van der Waals surface area contributed by atoms with E-state index >= 15 is 0 Å². The molecule has 1 rings (SSSR count). The Balaban J connectivity index is 2.54. The second kappa shape index (κ2) is 9.67. The van der Waals surface area contributed by atoms with Crippen molar-refractivity contribution in [2.24, 2.45) is 4.99 Å². The second-order valence-corrected chi connectivity index (χ2v) is 8.88. The van der Waals surface area contributed by atoms with Crippen LogP contribution < -0.4 is 15.4 Å². The van der Waals surface area contributed by atoms with Gasteiger partial charge in [0.1, 0.15) is 5.75 Å². The second-order valence-electron chi connectivity index (χ2n) is 6.56. The quantitative estimate of drug-likeness (QED) is 0.584. The van der Waals surface area contributed by atoms with E-state index in [9.17, 15) is 4.21 Å². The number of nitrogens with zero attached hydrogens (tertiary/aromatic N) is 1. The first kappa shape index (κ1) is 20.5. The number of benzene rings is 1. The number of rotatable bonds is 7. The summed E-state index contributed by atoms with van der Waals surface area (Å²) in [6, 6.07) is 6.18. The van der Waals surface area contributed by atoms with E-state index in [0.29, 0.717) is 31.4 Å². The van der Waals surface area contributed by atoms with Gasteiger partial charge in [-0.1, -0.05) is 12.1 Å². The van der Waals surface area contributed by atoms with Gasteiger partial charge in [0.15, 0.2) is 5.96 Å². The zero-order valence-electron chi connectivity index (χ0n) is 15.7. The molecule has 0 aliphatic carbocycles. The number of hydrogen-bond donors (Lipinski definition) is 2. The minimum Gasteiger partial charge on any atom is -0.494 e. The third kappa shape index (κ3) is 6.91. The summed E-state index contributed by atoms with van der Waals surface area (Å²) in [7, 11) is 0.861. The minimum atomic E-state index is -0.870. The Morgan fingerprint density at radius 2 is 2.00 bits per heavy atom. The fourth-order valence-electron chi connectivity index (χ4n) is 2.07. The predicted octanol–water partition coefficient (Wildman–Crippen LogP) is 2.61. The average molecular weight is 354 g/mol. The first-order chi connectivity index (χ1) is 11.3. The van der Waals surface area contributed by atoms with Gasteiger partial charge in [0.25, 0.3) is 0 Å². The van der Waals surface area contributed by atoms with Crippen molar-refractivity contribution in [3.63, 3.8) is 0 Å². The molecule has 0 saturated carbocycles. The Hall–Kier alpha value is -1.56. The van der Waals surface area contributed by atoms with Crippen LogP contribution in [0.3, 0.4) is 0 Å². The summed E-state index contributed by atoms with van der Waals surface area (Å²) in [6.07, 6.45) is 0. The van der Waals surface area contributed by atoms with Crippen molar-refractivity contribution >= 4 is 16.8 Å². The van der Waals surface area contributed by atoms with E-state index in [0.717, 1.165) is 11.3 Å². The Morgan fingerprint density at radius 1 is 1.29 bits per heavy atom. The maximum Gasteiger partial charge on any atom is 0.191 e. The van der Waals surface area contributed by atoms with E-state index < -0.39 is 10.8 Å². The van der Waals surface area contributed by atoms with Gasteiger partial charge in [-0.25, -0.2) is 0 Å². The van der Waals surface area contributed by atoms with E-state index in [1.54, 1.807) is 7.05 Å². The van der Waals surface area contributed by atoms with Crippen molar-refractivity contribution < 1.29 is 8.95 Å². The Morgan fingerprint density at radius 3 is 2.58 bits per heavy atom. The molecule has 6 heteroatoms. The van der Waals surface area contributed by atoms with Crippen LogP contribution in [0, 0.1) is 6.92 Å². The molecule has 1 aromatic rings. The SMILES string of the molecule is CCOc1cc(C)ccc1CNC(=NC)NCCS(=O)C(C)(C)C. The Kier molecular flexibility index (Phi) is 8.25. The van der Waals surface area contributed by atoms with Gasteiger partial charge in [0.05, 0.1) is 6.61 Å². The fraction of sp³-hybridized carbons (Fsp3) is 0.611. The van der Waals surface area contributed by atoms with Gasteiger partial charge in [-0.2, -0.15) is 0 Å². The van der Waals surface area contributed by atoms with Crippen LogP contribution in [0.5, 0.6) is 5.75 Å². The van der Waals surface area contributed by atoms with E-state index in [1.165, 1.54) is 5.56 Å². The lowest BCUT2D eigenvalue weighted by Crippen LogP contribution is -2.40. The average Bonchev–Trinajstić information content (AvgIpc) is 2.51. The Labute approximate surface area is 148 Å². The van der Waals surface area contributed by atoms with Gasteiger partial charge in [-0.15, -0.1) is 0 Å². The van der Waals surface area contributed by atoms with Gasteiger partial charge in [-0.05, 0) is 46.2 Å². The molecule has 0 amide bonds. The Bertz CT molecular complexity index is 580. The molecule has 0 aliphatic heterocycles. The third-order valence-electron chi connectivity index (χ3n) is 3.46. The summed E-state index contributed by atoms with van der Waals surface area (Å²) >= 11 is 0. The number of hydrogen-bond acceptors (Lipinski definition) is 3. The summed E-state index contributed by atoms with van der Waals surface area (Å²) in [6.45, 7) is 11.9. The topological polar surface area (TPSA) is 62.7 Å². The highest BCUT2D eigenvalue weighted by atomic mass is 32.2. The predicted molar refractivity (Wildman–Crippen MR) is 103 cm³/mol. The molecule has 136 valence electrons. The highest BCUT2D eigenvalue weighted by molar-refractivity contribution is 7.86. The first-order valence-corrected chi connectivity index (χ1v) is 9.65. The molecular formula is C18H31N3O2S. The maximum atomic E-state index is 12.1. The molecule has 24 heavy (non-hydrogen) atoms. The molecule has 1 aromatic carbocycles. The summed E-state index contributed by atoms with van der Waals surface area (Å²) in [5, 5.41) is 6.49. The molecule has 0 fully saturated rings. The monoisotopic (exact) mass is 353 g/mol. The molecule has 1 atom stereocenters. The van der Waals surface area contributed by atoms with Crippen LogP contribution in [0.2, 0.25) is 0 Å². The van der Waals surface area contributed by atoms with Gasteiger partial charge in [-0.3, -0.25) is 9.20 Å². The third-order valence-corrected chi connectivity index (χ3v) is 5.40. The van der Waals surface area contributed by atoms with Crippen LogP contribution in [0.15, 0.2) is 23.2 Å². The molecule has 0 bridgehead atoms. The van der Waals surface area contributed by atoms with E-state index in [1.807, 2.05) is 33.8 Å². The lowest BCUT2D eigenvalue weighted by molar-refractivity contribution is 0.336. The number of guanidine groups is 1. The van der Waals surface area contributed by atoms with Crippen molar-refractivity contribution in [1.29, 1.82) is 0 Å². The summed E-state index contributed by atoms with van der Waals surface area (Å²) in [4.78, 5) is 4.21. The molecule has 5 nitrogen and oxygen atoms in total. The number of nitrogens with one attached hydrogen (secondary N) is 2. The van der Waals surface area contributed by atoms with Crippen molar-refractivity contribution in [2.75, 3.05) is 26.0 Å². The largest absolute Gasteiger partial charge is 0.494 e. The van der Waals surface area contributed by atoms with E-state index in [-0.39, 0.29) is 4.75 Å². The summed E-state index contributed by atoms with van der Waals surface area (Å²) in [5.41, 5.74) is 2.26. The maximum absolute atomic E-state index is 12.1. The number of aryl methyl sites for hydroxylation is 1. The molecular weight excluding hydrogens is 322 g/mol. The van der Waals surface area contributed by atoms with E-state index in [2.05, 4.69) is 34.7 Å². The normalized spacial score (nSPS) is 13.5. The van der Waals surface area contributed by atoms with Gasteiger partial charge < -0.3 is 15.4 Å². The van der Waals surface area contributed by atoms with Crippen molar-refractivity contribution in [2.45, 2.75) is 45.9 Å². The van der Waals surface area contributed by atoms with Gasteiger partial charge >= 0.3 is 0 Å². The van der Waals surface area contributed by atoms with Crippen LogP contribution in [0.1, 0.15) is 38.8 Å². The van der Waals surface area contributed by atoms with Crippen LogP contribution >= 0.6 is 0 Å². The molecule has 0 aromatic heterocycles. The van der Waals surface area contributed by atoms with Crippen molar-refractivity contribution in [3.8, 4) is 5.75 Å². The highest BCUT2D eigenvalue weighted by Gasteiger charge is 2.18. The lowest BCUT2D eigenvalue weighted by Gasteiger charge is -2.19. The molecule has 2 N–H and O–H groups in total. The van der Waals surface area contributed by atoms with Gasteiger partial charge in [0, 0.05) is 47.0 Å². The zero-order valence-corrected chi connectivity index (χ0v) is 16.5. The molecule has 0 saturated heterocycles. The molecule has 1 unspecified atom stereocenters. The van der Waals surface area contributed by atoms with Crippen LogP contribution in [-0.4, -0.2) is 40.9 Å². The molecule has 0 aliphatic rings. The first-order valence-electron chi connectivity index (χ1n) is 8.33. The molecule has 0 spiro atoms. The summed E-state index contributed by atoms with van der Waals surface area (Å²) < 4.78 is 17.6. The van der Waals surface area contributed by atoms with E-state index in [4.69, 9.17) is 4.74 Å². The lowest BCUT2D eigenvalue weighted by atomic mass is 10.1. The van der Waals surface area contributed by atoms with Crippen LogP contribution in [0.4, 0.5) is 0 Å². The van der Waals surface area contributed by atoms with Gasteiger partial charge in [0.2, 0.25) is 0 Å². The molecule has 0 radical (unpaired) electrons. The summed E-state index contributed by atoms with van der Waals surface area (Å²) in [5.74, 6) is 2.19.